The number of hydrogen-bond acceptors (Lipinski definition) is 4. The van der Waals surface area contributed by atoms with Crippen LogP contribution < -0.4 is 10.6 Å². The Balaban J connectivity index is 2.11. The van der Waals surface area contributed by atoms with Gasteiger partial charge in [-0.15, -0.1) is 0 Å². The minimum atomic E-state index is -3.00. The molecule has 1 atom stereocenters. The molecule has 1 heterocycles. The normalized spacial score (nSPS) is 21.2. The van der Waals surface area contributed by atoms with Crippen LogP contribution in [0.3, 0.4) is 0 Å². The number of hydrogen-bond donors (Lipinski definition) is 2. The smallest absolute Gasteiger partial charge is 0.221 e. The number of amides is 1. The second kappa shape index (κ2) is 5.78. The van der Waals surface area contributed by atoms with Gasteiger partial charge in [0.05, 0.1) is 17.2 Å². The highest BCUT2D eigenvalue weighted by atomic mass is 32.2. The molecule has 1 saturated heterocycles. The topological polar surface area (TPSA) is 75.3 Å². The van der Waals surface area contributed by atoms with Crippen LogP contribution in [0.15, 0.2) is 18.2 Å². The van der Waals surface area contributed by atoms with Crippen molar-refractivity contribution >= 4 is 27.1 Å². The molecular weight excluding hydrogens is 283 g/mol. The minimum absolute atomic E-state index is 0.0832. The summed E-state index contributed by atoms with van der Waals surface area (Å²) < 4.78 is 36.6. The molecule has 1 aromatic carbocycles. The zero-order valence-corrected chi connectivity index (χ0v) is 12.0. The molecule has 1 fully saturated rings. The van der Waals surface area contributed by atoms with Gasteiger partial charge in [0.25, 0.3) is 0 Å². The first kappa shape index (κ1) is 14.8. The van der Waals surface area contributed by atoms with Crippen LogP contribution in [-0.4, -0.2) is 31.9 Å². The molecule has 7 heteroatoms. The highest BCUT2D eigenvalue weighted by Crippen LogP contribution is 2.22. The van der Waals surface area contributed by atoms with Crippen molar-refractivity contribution in [3.8, 4) is 0 Å². The van der Waals surface area contributed by atoms with E-state index in [4.69, 9.17) is 0 Å². The van der Waals surface area contributed by atoms with Crippen molar-refractivity contribution < 1.29 is 17.6 Å². The number of anilines is 2. The third-order valence-corrected chi connectivity index (χ3v) is 4.93. The zero-order valence-electron chi connectivity index (χ0n) is 11.1. The summed E-state index contributed by atoms with van der Waals surface area (Å²) in [5.41, 5.74) is 0.679. The van der Waals surface area contributed by atoms with Gasteiger partial charge in [-0.3, -0.25) is 4.79 Å². The molecule has 2 N–H and O–H groups in total. The van der Waals surface area contributed by atoms with Crippen molar-refractivity contribution in [2.75, 3.05) is 22.1 Å². The molecule has 1 aliphatic rings. The third kappa shape index (κ3) is 3.93. The van der Waals surface area contributed by atoms with E-state index in [1.54, 1.807) is 0 Å². The Morgan fingerprint density at radius 1 is 1.40 bits per heavy atom. The van der Waals surface area contributed by atoms with Crippen LogP contribution in [-0.2, 0) is 14.6 Å². The van der Waals surface area contributed by atoms with E-state index in [9.17, 15) is 17.6 Å². The summed E-state index contributed by atoms with van der Waals surface area (Å²) >= 11 is 0. The van der Waals surface area contributed by atoms with Crippen LogP contribution in [0.25, 0.3) is 0 Å². The van der Waals surface area contributed by atoms with Gasteiger partial charge in [-0.1, -0.05) is 0 Å². The standard InChI is InChI=1S/C13H17FN2O3S/c1-9(17)15-13-7-10(4-5-12(13)14)16-11-3-2-6-20(18,19)8-11/h4-5,7,11,16H,2-3,6,8H2,1H3,(H,15,17). The Bertz CT molecular complexity index is 616. The Morgan fingerprint density at radius 2 is 2.15 bits per heavy atom. The number of sulfone groups is 1. The van der Waals surface area contributed by atoms with Crippen molar-refractivity contribution in [1.29, 1.82) is 0 Å². The fraction of sp³-hybridized carbons (Fsp3) is 0.462. The lowest BCUT2D eigenvalue weighted by atomic mass is 10.1. The fourth-order valence-corrected chi connectivity index (χ4v) is 3.91. The maximum atomic E-state index is 13.5. The summed E-state index contributed by atoms with van der Waals surface area (Å²) in [5, 5.41) is 5.47. The number of carbonyl (C=O) groups excluding carboxylic acids is 1. The quantitative estimate of drug-likeness (QED) is 0.892. The first-order chi connectivity index (χ1) is 9.35. The van der Waals surface area contributed by atoms with E-state index in [-0.39, 0.29) is 29.1 Å². The first-order valence-electron chi connectivity index (χ1n) is 6.40. The molecule has 0 radical (unpaired) electrons. The summed E-state index contributed by atoms with van der Waals surface area (Å²) in [5.74, 6) is -0.575. The molecule has 5 nitrogen and oxygen atoms in total. The van der Waals surface area contributed by atoms with Gasteiger partial charge < -0.3 is 10.6 Å². The van der Waals surface area contributed by atoms with E-state index in [1.165, 1.54) is 25.1 Å². The van der Waals surface area contributed by atoms with Crippen LogP contribution in [0.1, 0.15) is 19.8 Å². The fourth-order valence-electron chi connectivity index (χ4n) is 2.27. The van der Waals surface area contributed by atoms with Crippen molar-refractivity contribution in [2.45, 2.75) is 25.8 Å². The Kier molecular flexibility index (Phi) is 4.27. The first-order valence-corrected chi connectivity index (χ1v) is 8.22. The van der Waals surface area contributed by atoms with Crippen molar-refractivity contribution in [3.63, 3.8) is 0 Å². The monoisotopic (exact) mass is 300 g/mol. The Hall–Kier alpha value is -1.63. The molecule has 1 unspecified atom stereocenters. The van der Waals surface area contributed by atoms with Gasteiger partial charge in [-0.2, -0.15) is 0 Å². The molecule has 0 saturated carbocycles. The second-order valence-electron chi connectivity index (χ2n) is 4.97. The lowest BCUT2D eigenvalue weighted by Gasteiger charge is -2.24. The molecule has 0 aliphatic carbocycles. The summed E-state index contributed by atoms with van der Waals surface area (Å²) in [7, 11) is -3.00. The molecule has 0 spiro atoms. The minimum Gasteiger partial charge on any atom is -0.381 e. The maximum absolute atomic E-state index is 13.5. The average molecular weight is 300 g/mol. The number of nitrogens with one attached hydrogen (secondary N) is 2. The molecule has 1 amide bonds. The van der Waals surface area contributed by atoms with Gasteiger partial charge in [0.1, 0.15) is 5.82 Å². The lowest BCUT2D eigenvalue weighted by Crippen LogP contribution is -2.34. The van der Waals surface area contributed by atoms with E-state index < -0.39 is 15.7 Å². The third-order valence-electron chi connectivity index (χ3n) is 3.11. The van der Waals surface area contributed by atoms with Crippen molar-refractivity contribution in [3.05, 3.63) is 24.0 Å². The van der Waals surface area contributed by atoms with Gasteiger partial charge >= 0.3 is 0 Å². The Morgan fingerprint density at radius 3 is 2.80 bits per heavy atom. The Labute approximate surface area is 117 Å². The molecule has 20 heavy (non-hydrogen) atoms. The predicted molar refractivity (Wildman–Crippen MR) is 76.0 cm³/mol. The van der Waals surface area contributed by atoms with Gasteiger partial charge in [0, 0.05) is 18.7 Å². The van der Waals surface area contributed by atoms with Crippen molar-refractivity contribution in [1.82, 2.24) is 0 Å². The molecule has 110 valence electrons. The van der Waals surface area contributed by atoms with Gasteiger partial charge in [0.2, 0.25) is 5.91 Å². The van der Waals surface area contributed by atoms with E-state index in [2.05, 4.69) is 10.6 Å². The largest absolute Gasteiger partial charge is 0.381 e. The number of benzene rings is 1. The second-order valence-corrected chi connectivity index (χ2v) is 7.20. The SMILES string of the molecule is CC(=O)Nc1cc(NC2CCCS(=O)(=O)C2)ccc1F. The lowest BCUT2D eigenvalue weighted by molar-refractivity contribution is -0.114. The number of halogens is 1. The van der Waals surface area contributed by atoms with Gasteiger partial charge in [-0.05, 0) is 31.0 Å². The summed E-state index contributed by atoms with van der Waals surface area (Å²) in [4.78, 5) is 11.0. The van der Waals surface area contributed by atoms with Crippen molar-refractivity contribution in [2.24, 2.45) is 0 Å². The van der Waals surface area contributed by atoms with E-state index in [0.29, 0.717) is 12.1 Å². The zero-order chi connectivity index (χ0) is 14.8. The summed E-state index contributed by atoms with van der Waals surface area (Å²) in [6.07, 6.45) is 1.38. The summed E-state index contributed by atoms with van der Waals surface area (Å²) in [6, 6.07) is 4.06. The van der Waals surface area contributed by atoms with Crippen LogP contribution in [0.4, 0.5) is 15.8 Å². The molecule has 1 aliphatic heterocycles. The van der Waals surface area contributed by atoms with Crippen LogP contribution in [0, 0.1) is 5.82 Å². The van der Waals surface area contributed by atoms with Crippen LogP contribution in [0.5, 0.6) is 0 Å². The van der Waals surface area contributed by atoms with Crippen LogP contribution >= 0.6 is 0 Å². The van der Waals surface area contributed by atoms with Gasteiger partial charge in [0.15, 0.2) is 9.84 Å². The number of carbonyl (C=O) groups is 1. The number of rotatable bonds is 3. The molecule has 1 aromatic rings. The van der Waals surface area contributed by atoms with Gasteiger partial charge in [-0.25, -0.2) is 12.8 Å². The maximum Gasteiger partial charge on any atom is 0.221 e. The van der Waals surface area contributed by atoms with E-state index in [1.807, 2.05) is 0 Å². The molecule has 0 bridgehead atoms. The highest BCUT2D eigenvalue weighted by Gasteiger charge is 2.24. The molecular formula is C13H17FN2O3S. The van der Waals surface area contributed by atoms with E-state index >= 15 is 0 Å². The molecule has 2 rings (SSSR count). The average Bonchev–Trinajstić information content (AvgIpc) is 2.31. The summed E-state index contributed by atoms with van der Waals surface area (Å²) in [6.45, 7) is 1.30. The predicted octanol–water partition coefficient (Wildman–Crippen LogP) is 1.77. The highest BCUT2D eigenvalue weighted by molar-refractivity contribution is 7.91. The van der Waals surface area contributed by atoms with Crippen LogP contribution in [0.2, 0.25) is 0 Å². The molecule has 0 aromatic heterocycles. The van der Waals surface area contributed by atoms with E-state index in [0.717, 1.165) is 6.42 Å².